The van der Waals surface area contributed by atoms with E-state index in [1.54, 1.807) is 0 Å². The lowest BCUT2D eigenvalue weighted by Crippen LogP contribution is -2.21. The molecule has 1 unspecified atom stereocenters. The zero-order valence-electron chi connectivity index (χ0n) is 9.25. The smallest absolute Gasteiger partial charge is 0.0433 e. The van der Waals surface area contributed by atoms with Crippen LogP contribution in [0.25, 0.3) is 0 Å². The summed E-state index contributed by atoms with van der Waals surface area (Å²) < 4.78 is 0. The van der Waals surface area contributed by atoms with Crippen LogP contribution in [0.2, 0.25) is 0 Å². The first-order valence-electron chi connectivity index (χ1n) is 6.51. The van der Waals surface area contributed by atoms with Gasteiger partial charge in [0.05, 0.1) is 0 Å². The van der Waals surface area contributed by atoms with Gasteiger partial charge in [-0.05, 0) is 30.6 Å². The summed E-state index contributed by atoms with van der Waals surface area (Å²) >= 11 is 0. The summed E-state index contributed by atoms with van der Waals surface area (Å²) in [6.45, 7) is 0.405. The van der Waals surface area contributed by atoms with Gasteiger partial charge in [0, 0.05) is 6.61 Å². The molecule has 1 nitrogen and oxygen atoms in total. The second-order valence-electron chi connectivity index (χ2n) is 5.35. The molecule has 0 heterocycles. The van der Waals surface area contributed by atoms with Crippen molar-refractivity contribution in [3.8, 4) is 0 Å². The van der Waals surface area contributed by atoms with Gasteiger partial charge < -0.3 is 5.11 Å². The van der Waals surface area contributed by atoms with Crippen molar-refractivity contribution in [2.75, 3.05) is 6.61 Å². The zero-order chi connectivity index (χ0) is 9.80. The Hall–Kier alpha value is -0.0400. The van der Waals surface area contributed by atoms with Crippen molar-refractivity contribution in [2.24, 2.45) is 17.8 Å². The van der Waals surface area contributed by atoms with E-state index in [4.69, 9.17) is 5.11 Å². The SMILES string of the molecule is OCCC1CCC[C@@H](C2CCCC2)C1. The van der Waals surface area contributed by atoms with E-state index in [0.717, 1.165) is 24.2 Å². The molecule has 0 saturated heterocycles. The van der Waals surface area contributed by atoms with Gasteiger partial charge in [0.25, 0.3) is 0 Å². The number of aliphatic hydroxyl groups is 1. The lowest BCUT2D eigenvalue weighted by Gasteiger charge is -2.32. The first kappa shape index (κ1) is 10.5. The van der Waals surface area contributed by atoms with Crippen LogP contribution in [-0.2, 0) is 0 Å². The molecule has 2 aliphatic carbocycles. The molecule has 82 valence electrons. The molecule has 1 heteroatoms. The molecule has 0 aliphatic heterocycles. The maximum absolute atomic E-state index is 8.97. The van der Waals surface area contributed by atoms with Gasteiger partial charge in [-0.15, -0.1) is 0 Å². The van der Waals surface area contributed by atoms with Crippen LogP contribution in [0, 0.1) is 17.8 Å². The Bertz CT molecular complexity index is 159. The molecular formula is C13H24O. The molecule has 14 heavy (non-hydrogen) atoms. The van der Waals surface area contributed by atoms with Gasteiger partial charge in [0.1, 0.15) is 0 Å². The molecule has 0 amide bonds. The summed E-state index contributed by atoms with van der Waals surface area (Å²) in [7, 11) is 0. The van der Waals surface area contributed by atoms with Crippen LogP contribution in [0.3, 0.4) is 0 Å². The van der Waals surface area contributed by atoms with Crippen molar-refractivity contribution in [1.29, 1.82) is 0 Å². The minimum absolute atomic E-state index is 0.405. The predicted molar refractivity (Wildman–Crippen MR) is 59.1 cm³/mol. The maximum atomic E-state index is 8.97. The van der Waals surface area contributed by atoms with Gasteiger partial charge in [-0.2, -0.15) is 0 Å². The average molecular weight is 196 g/mol. The van der Waals surface area contributed by atoms with Gasteiger partial charge in [-0.3, -0.25) is 0 Å². The third kappa shape index (κ3) is 2.50. The molecule has 2 rings (SSSR count). The third-order valence-electron chi connectivity index (χ3n) is 4.43. The fraction of sp³-hybridized carbons (Fsp3) is 1.00. The molecule has 1 N–H and O–H groups in total. The second kappa shape index (κ2) is 5.16. The third-order valence-corrected chi connectivity index (χ3v) is 4.43. The molecule has 0 aromatic carbocycles. The van der Waals surface area contributed by atoms with Crippen molar-refractivity contribution in [3.63, 3.8) is 0 Å². The largest absolute Gasteiger partial charge is 0.396 e. The number of aliphatic hydroxyl groups excluding tert-OH is 1. The number of hydrogen-bond acceptors (Lipinski definition) is 1. The molecule has 2 saturated carbocycles. The number of hydrogen-bond donors (Lipinski definition) is 1. The minimum atomic E-state index is 0.405. The molecule has 2 aliphatic rings. The standard InChI is InChI=1S/C13H24O/c14-9-8-11-4-3-7-13(10-11)12-5-1-2-6-12/h11-14H,1-10H2/t11?,13-/m1/s1. The van der Waals surface area contributed by atoms with Crippen LogP contribution >= 0.6 is 0 Å². The lowest BCUT2D eigenvalue weighted by molar-refractivity contribution is 0.164. The highest BCUT2D eigenvalue weighted by Crippen LogP contribution is 2.41. The Morgan fingerprint density at radius 1 is 0.857 bits per heavy atom. The molecule has 0 aromatic heterocycles. The highest BCUT2D eigenvalue weighted by molar-refractivity contribution is 4.81. The van der Waals surface area contributed by atoms with E-state index in [-0.39, 0.29) is 0 Å². The van der Waals surface area contributed by atoms with E-state index >= 15 is 0 Å². The monoisotopic (exact) mass is 196 g/mol. The molecule has 0 aromatic rings. The molecule has 2 atom stereocenters. The van der Waals surface area contributed by atoms with Crippen LogP contribution in [0.5, 0.6) is 0 Å². The van der Waals surface area contributed by atoms with Crippen molar-refractivity contribution in [3.05, 3.63) is 0 Å². The first-order chi connectivity index (χ1) is 6.90. The van der Waals surface area contributed by atoms with Crippen LogP contribution < -0.4 is 0 Å². The van der Waals surface area contributed by atoms with E-state index in [1.807, 2.05) is 0 Å². The van der Waals surface area contributed by atoms with E-state index in [9.17, 15) is 0 Å². The summed E-state index contributed by atoms with van der Waals surface area (Å²) in [5.41, 5.74) is 0. The summed E-state index contributed by atoms with van der Waals surface area (Å²) in [4.78, 5) is 0. The summed E-state index contributed by atoms with van der Waals surface area (Å²) in [6, 6.07) is 0. The molecular weight excluding hydrogens is 172 g/mol. The van der Waals surface area contributed by atoms with Gasteiger partial charge >= 0.3 is 0 Å². The Labute approximate surface area is 87.9 Å². The fourth-order valence-corrected chi connectivity index (χ4v) is 3.63. The van der Waals surface area contributed by atoms with Crippen molar-refractivity contribution < 1.29 is 5.11 Å². The molecule has 0 bridgehead atoms. The summed E-state index contributed by atoms with van der Waals surface area (Å²) in [5, 5.41) is 8.97. The second-order valence-corrected chi connectivity index (χ2v) is 5.35. The quantitative estimate of drug-likeness (QED) is 0.734. The van der Waals surface area contributed by atoms with Crippen molar-refractivity contribution in [1.82, 2.24) is 0 Å². The first-order valence-corrected chi connectivity index (χ1v) is 6.51. The Kier molecular flexibility index (Phi) is 3.86. The number of rotatable bonds is 3. The highest BCUT2D eigenvalue weighted by atomic mass is 16.3. The highest BCUT2D eigenvalue weighted by Gasteiger charge is 2.29. The van der Waals surface area contributed by atoms with Gasteiger partial charge in [-0.1, -0.05) is 44.9 Å². The van der Waals surface area contributed by atoms with Crippen molar-refractivity contribution in [2.45, 2.75) is 57.8 Å². The predicted octanol–water partition coefficient (Wildman–Crippen LogP) is 3.37. The average Bonchev–Trinajstić information content (AvgIpc) is 2.71. The van der Waals surface area contributed by atoms with Gasteiger partial charge in [0.15, 0.2) is 0 Å². The van der Waals surface area contributed by atoms with Gasteiger partial charge in [0.2, 0.25) is 0 Å². The van der Waals surface area contributed by atoms with E-state index in [2.05, 4.69) is 0 Å². The van der Waals surface area contributed by atoms with Gasteiger partial charge in [-0.25, -0.2) is 0 Å². The van der Waals surface area contributed by atoms with Crippen molar-refractivity contribution >= 4 is 0 Å². The molecule has 0 radical (unpaired) electrons. The van der Waals surface area contributed by atoms with Crippen LogP contribution in [0.4, 0.5) is 0 Å². The van der Waals surface area contributed by atoms with E-state index in [0.29, 0.717) is 6.61 Å². The topological polar surface area (TPSA) is 20.2 Å². The fourth-order valence-electron chi connectivity index (χ4n) is 3.63. The summed E-state index contributed by atoms with van der Waals surface area (Å²) in [6.07, 6.45) is 12.7. The van der Waals surface area contributed by atoms with E-state index < -0.39 is 0 Å². The maximum Gasteiger partial charge on any atom is 0.0433 e. The zero-order valence-corrected chi connectivity index (χ0v) is 9.25. The van der Waals surface area contributed by atoms with Crippen LogP contribution in [0.1, 0.15) is 57.8 Å². The molecule has 2 fully saturated rings. The Morgan fingerprint density at radius 3 is 2.29 bits per heavy atom. The Morgan fingerprint density at radius 2 is 1.57 bits per heavy atom. The molecule has 0 spiro atoms. The minimum Gasteiger partial charge on any atom is -0.396 e. The Balaban J connectivity index is 1.80. The lowest BCUT2D eigenvalue weighted by atomic mass is 9.73. The van der Waals surface area contributed by atoms with Crippen LogP contribution in [-0.4, -0.2) is 11.7 Å². The van der Waals surface area contributed by atoms with Crippen LogP contribution in [0.15, 0.2) is 0 Å². The van der Waals surface area contributed by atoms with E-state index in [1.165, 1.54) is 51.4 Å². The normalized spacial score (nSPS) is 34.9. The summed E-state index contributed by atoms with van der Waals surface area (Å²) in [5.74, 6) is 2.92.